The normalized spacial score (nSPS) is 14.6. The molecule has 0 saturated heterocycles. The van der Waals surface area contributed by atoms with E-state index in [9.17, 15) is 0 Å². The van der Waals surface area contributed by atoms with Crippen LogP contribution in [0.4, 0.5) is 0 Å². The van der Waals surface area contributed by atoms with Gasteiger partial charge in [-0.15, -0.1) is 0 Å². The van der Waals surface area contributed by atoms with Crippen molar-refractivity contribution in [3.8, 4) is 0 Å². The molecule has 0 aliphatic heterocycles. The summed E-state index contributed by atoms with van der Waals surface area (Å²) >= 11 is 0. The minimum absolute atomic E-state index is 0.670. The highest BCUT2D eigenvalue weighted by Gasteiger charge is 2.08. The van der Waals surface area contributed by atoms with Crippen LogP contribution in [0, 0.1) is 5.92 Å². The van der Waals surface area contributed by atoms with Crippen LogP contribution in [0.2, 0.25) is 0 Å². The Labute approximate surface area is 95.1 Å². The molecule has 0 heterocycles. The molecule has 2 nitrogen and oxygen atoms in total. The fourth-order valence-corrected chi connectivity index (χ4v) is 1.59. The first kappa shape index (κ1) is 14.5. The highest BCUT2D eigenvalue weighted by molar-refractivity contribution is 4.68. The van der Waals surface area contributed by atoms with Crippen molar-refractivity contribution in [1.82, 2.24) is 5.32 Å². The average molecular weight is 213 g/mol. The summed E-state index contributed by atoms with van der Waals surface area (Å²) in [7, 11) is 0. The van der Waals surface area contributed by atoms with Gasteiger partial charge in [0, 0.05) is 6.04 Å². The second-order valence-corrected chi connectivity index (χ2v) is 4.20. The van der Waals surface area contributed by atoms with Crippen LogP contribution in [-0.4, -0.2) is 19.2 Å². The summed E-state index contributed by atoms with van der Waals surface area (Å²) in [6, 6.07) is 0.670. The molecule has 0 bridgehead atoms. The number of ether oxygens (including phenoxy) is 1. The molecule has 15 heavy (non-hydrogen) atoms. The number of hydrogen-bond acceptors (Lipinski definition) is 2. The minimum atomic E-state index is 0.670. The molecule has 0 amide bonds. The van der Waals surface area contributed by atoms with E-state index >= 15 is 0 Å². The Hall–Kier alpha value is -0.500. The van der Waals surface area contributed by atoms with Gasteiger partial charge in [0.15, 0.2) is 0 Å². The predicted molar refractivity (Wildman–Crippen MR) is 66.9 cm³/mol. The fraction of sp³-hybridized carbons (Fsp3) is 0.846. The molecule has 0 aliphatic rings. The maximum atomic E-state index is 5.08. The van der Waals surface area contributed by atoms with Crippen LogP contribution >= 0.6 is 0 Å². The molecule has 0 aromatic carbocycles. The molecule has 2 unspecified atom stereocenters. The summed E-state index contributed by atoms with van der Waals surface area (Å²) < 4.78 is 5.08. The largest absolute Gasteiger partial charge is 0.502 e. The summed E-state index contributed by atoms with van der Waals surface area (Å²) in [4.78, 5) is 0. The van der Waals surface area contributed by atoms with Crippen molar-refractivity contribution >= 4 is 0 Å². The lowest BCUT2D eigenvalue weighted by molar-refractivity contribution is 0.241. The van der Waals surface area contributed by atoms with Gasteiger partial charge in [-0.3, -0.25) is 0 Å². The van der Waals surface area contributed by atoms with E-state index in [1.807, 2.05) is 0 Å². The topological polar surface area (TPSA) is 21.3 Å². The summed E-state index contributed by atoms with van der Waals surface area (Å²) in [6.45, 7) is 12.2. The van der Waals surface area contributed by atoms with Crippen molar-refractivity contribution in [1.29, 1.82) is 0 Å². The molecular formula is C13H27NO. The first-order valence-corrected chi connectivity index (χ1v) is 6.20. The highest BCUT2D eigenvalue weighted by Crippen LogP contribution is 2.11. The second-order valence-electron chi connectivity index (χ2n) is 4.20. The number of rotatable bonds is 10. The lowest BCUT2D eigenvalue weighted by Crippen LogP contribution is -2.31. The Bertz CT molecular complexity index is 147. The van der Waals surface area contributed by atoms with Gasteiger partial charge >= 0.3 is 0 Å². The predicted octanol–water partition coefficient (Wildman–Crippen LogP) is 3.34. The molecule has 0 aromatic heterocycles. The van der Waals surface area contributed by atoms with Crippen LogP contribution in [0.25, 0.3) is 0 Å². The molecule has 0 aliphatic carbocycles. The van der Waals surface area contributed by atoms with Gasteiger partial charge in [0.05, 0.1) is 12.9 Å². The Morgan fingerprint density at radius 1 is 1.33 bits per heavy atom. The van der Waals surface area contributed by atoms with Gasteiger partial charge in [-0.2, -0.15) is 0 Å². The molecule has 2 heteroatoms. The van der Waals surface area contributed by atoms with E-state index in [4.69, 9.17) is 4.74 Å². The first-order chi connectivity index (χ1) is 7.24. The molecule has 0 fully saturated rings. The second kappa shape index (κ2) is 10.0. The quantitative estimate of drug-likeness (QED) is 0.444. The van der Waals surface area contributed by atoms with Crippen LogP contribution in [0.5, 0.6) is 0 Å². The summed E-state index contributed by atoms with van der Waals surface area (Å²) in [5.41, 5.74) is 0. The fourth-order valence-electron chi connectivity index (χ4n) is 1.59. The van der Waals surface area contributed by atoms with Gasteiger partial charge in [0.25, 0.3) is 0 Å². The zero-order valence-corrected chi connectivity index (χ0v) is 10.6. The molecular weight excluding hydrogens is 186 g/mol. The van der Waals surface area contributed by atoms with Gasteiger partial charge in [0.1, 0.15) is 0 Å². The van der Waals surface area contributed by atoms with Crippen LogP contribution < -0.4 is 5.32 Å². The van der Waals surface area contributed by atoms with Crippen molar-refractivity contribution in [2.45, 2.75) is 52.5 Å². The highest BCUT2D eigenvalue weighted by atomic mass is 16.5. The molecule has 90 valence electrons. The van der Waals surface area contributed by atoms with Crippen LogP contribution in [0.15, 0.2) is 12.8 Å². The smallest absolute Gasteiger partial charge is 0.0885 e. The van der Waals surface area contributed by atoms with E-state index in [0.717, 1.165) is 25.5 Å². The monoisotopic (exact) mass is 213 g/mol. The third kappa shape index (κ3) is 8.49. The van der Waals surface area contributed by atoms with Gasteiger partial charge in [-0.25, -0.2) is 0 Å². The molecule has 0 rings (SSSR count). The SMILES string of the molecule is C=COCCCNC(CC)CC(C)CC. The maximum absolute atomic E-state index is 5.08. The van der Waals surface area contributed by atoms with Crippen molar-refractivity contribution in [3.05, 3.63) is 12.8 Å². The Balaban J connectivity index is 3.47. The molecule has 0 spiro atoms. The summed E-state index contributed by atoms with van der Waals surface area (Å²) in [5.74, 6) is 0.826. The van der Waals surface area contributed by atoms with Gasteiger partial charge < -0.3 is 10.1 Å². The van der Waals surface area contributed by atoms with Crippen LogP contribution in [0.1, 0.15) is 46.5 Å². The van der Waals surface area contributed by atoms with Crippen LogP contribution in [0.3, 0.4) is 0 Å². The lowest BCUT2D eigenvalue weighted by Gasteiger charge is -2.20. The van der Waals surface area contributed by atoms with Crippen molar-refractivity contribution < 1.29 is 4.74 Å². The van der Waals surface area contributed by atoms with Gasteiger partial charge in [-0.05, 0) is 31.7 Å². The standard InChI is InChI=1S/C13H27NO/c1-5-12(4)11-13(6-2)14-9-8-10-15-7-3/h7,12-14H,3,5-6,8-11H2,1-2,4H3. The lowest BCUT2D eigenvalue weighted by atomic mass is 9.98. The third-order valence-corrected chi connectivity index (χ3v) is 2.87. The average Bonchev–Trinajstić information content (AvgIpc) is 2.26. The van der Waals surface area contributed by atoms with Gasteiger partial charge in [0.2, 0.25) is 0 Å². The molecule has 2 atom stereocenters. The Morgan fingerprint density at radius 2 is 2.07 bits per heavy atom. The van der Waals surface area contributed by atoms with Gasteiger partial charge in [-0.1, -0.05) is 33.8 Å². The van der Waals surface area contributed by atoms with E-state index in [-0.39, 0.29) is 0 Å². The molecule has 0 saturated carbocycles. The summed E-state index contributed by atoms with van der Waals surface area (Å²) in [5, 5.41) is 3.58. The molecule has 1 N–H and O–H groups in total. The van der Waals surface area contributed by atoms with Crippen LogP contribution in [-0.2, 0) is 4.74 Å². The zero-order valence-electron chi connectivity index (χ0n) is 10.6. The van der Waals surface area contributed by atoms with E-state index < -0.39 is 0 Å². The third-order valence-electron chi connectivity index (χ3n) is 2.87. The molecule has 0 radical (unpaired) electrons. The minimum Gasteiger partial charge on any atom is -0.502 e. The van der Waals surface area contributed by atoms with Crippen molar-refractivity contribution in [2.75, 3.05) is 13.2 Å². The first-order valence-electron chi connectivity index (χ1n) is 6.20. The van der Waals surface area contributed by atoms with Crippen molar-refractivity contribution in [2.24, 2.45) is 5.92 Å². The van der Waals surface area contributed by atoms with E-state index in [2.05, 4.69) is 32.7 Å². The Morgan fingerprint density at radius 3 is 2.60 bits per heavy atom. The zero-order chi connectivity index (χ0) is 11.5. The maximum Gasteiger partial charge on any atom is 0.0885 e. The number of hydrogen-bond donors (Lipinski definition) is 1. The van der Waals surface area contributed by atoms with E-state index in [1.165, 1.54) is 25.5 Å². The van der Waals surface area contributed by atoms with E-state index in [0.29, 0.717) is 6.04 Å². The van der Waals surface area contributed by atoms with E-state index in [1.54, 1.807) is 0 Å². The molecule has 0 aromatic rings. The summed E-state index contributed by atoms with van der Waals surface area (Å²) in [6.07, 6.45) is 6.35. The number of nitrogens with one attached hydrogen (secondary N) is 1. The van der Waals surface area contributed by atoms with Crippen molar-refractivity contribution in [3.63, 3.8) is 0 Å². The Kier molecular flexibility index (Phi) is 9.70.